The average molecular weight is 259 g/mol. The third-order valence-electron chi connectivity index (χ3n) is 3.16. The fraction of sp³-hybridized carbons (Fsp3) is 0.417. The van der Waals surface area contributed by atoms with Gasteiger partial charge in [-0.15, -0.1) is 0 Å². The van der Waals surface area contributed by atoms with Crippen LogP contribution in [0.3, 0.4) is 0 Å². The number of benzene rings is 1. The van der Waals surface area contributed by atoms with Crippen LogP contribution in [0.15, 0.2) is 0 Å². The van der Waals surface area contributed by atoms with Gasteiger partial charge in [-0.1, -0.05) is 0 Å². The first-order valence-corrected chi connectivity index (χ1v) is 5.60. The van der Waals surface area contributed by atoms with Crippen LogP contribution in [0.5, 0.6) is 0 Å². The van der Waals surface area contributed by atoms with Crippen molar-refractivity contribution in [1.29, 1.82) is 0 Å². The Bertz CT molecular complexity index is 482. The minimum atomic E-state index is -1.81. The molecule has 3 nitrogen and oxygen atoms in total. The molecule has 0 spiro atoms. The molecule has 0 radical (unpaired) electrons. The maximum absolute atomic E-state index is 13.9. The van der Waals surface area contributed by atoms with E-state index in [1.54, 1.807) is 4.90 Å². The second-order valence-electron chi connectivity index (χ2n) is 4.29. The van der Waals surface area contributed by atoms with Gasteiger partial charge in [-0.25, -0.2) is 18.0 Å². The molecule has 0 bridgehead atoms. The molecule has 0 atom stereocenters. The molecule has 1 aliphatic heterocycles. The molecule has 0 amide bonds. The van der Waals surface area contributed by atoms with Crippen LogP contribution in [0.2, 0.25) is 0 Å². The van der Waals surface area contributed by atoms with Crippen molar-refractivity contribution in [3.05, 3.63) is 28.6 Å². The lowest BCUT2D eigenvalue weighted by Crippen LogP contribution is -2.23. The number of rotatable bonds is 2. The van der Waals surface area contributed by atoms with Crippen molar-refractivity contribution in [3.8, 4) is 0 Å². The SMILES string of the molecule is Cc1c(F)c(C(=O)O)c(F)c(F)c1N1CCCC1. The monoisotopic (exact) mass is 259 g/mol. The fourth-order valence-electron chi connectivity index (χ4n) is 2.27. The van der Waals surface area contributed by atoms with Crippen LogP contribution in [0.1, 0.15) is 28.8 Å². The molecule has 1 aromatic rings. The van der Waals surface area contributed by atoms with Crippen molar-refractivity contribution >= 4 is 11.7 Å². The van der Waals surface area contributed by atoms with E-state index in [1.165, 1.54) is 6.92 Å². The van der Waals surface area contributed by atoms with E-state index < -0.39 is 29.0 Å². The zero-order valence-corrected chi connectivity index (χ0v) is 9.76. The van der Waals surface area contributed by atoms with Crippen molar-refractivity contribution in [2.24, 2.45) is 0 Å². The predicted molar refractivity (Wildman–Crippen MR) is 59.5 cm³/mol. The highest BCUT2D eigenvalue weighted by Gasteiger charge is 2.30. The van der Waals surface area contributed by atoms with E-state index in [2.05, 4.69) is 0 Å². The molecule has 1 aliphatic rings. The van der Waals surface area contributed by atoms with Crippen LogP contribution in [0.4, 0.5) is 18.9 Å². The zero-order valence-electron chi connectivity index (χ0n) is 9.76. The van der Waals surface area contributed by atoms with Crippen LogP contribution < -0.4 is 4.90 Å². The first-order chi connectivity index (χ1) is 8.45. The van der Waals surface area contributed by atoms with Gasteiger partial charge in [0.25, 0.3) is 0 Å². The highest BCUT2D eigenvalue weighted by molar-refractivity contribution is 5.89. The summed E-state index contributed by atoms with van der Waals surface area (Å²) in [6, 6.07) is 0. The maximum Gasteiger partial charge on any atom is 0.341 e. The molecule has 0 aliphatic carbocycles. The number of nitrogens with zero attached hydrogens (tertiary/aromatic N) is 1. The summed E-state index contributed by atoms with van der Waals surface area (Å²) < 4.78 is 41.2. The second kappa shape index (κ2) is 4.51. The van der Waals surface area contributed by atoms with Gasteiger partial charge in [0.2, 0.25) is 0 Å². The van der Waals surface area contributed by atoms with Crippen LogP contribution in [0.25, 0.3) is 0 Å². The van der Waals surface area contributed by atoms with Gasteiger partial charge in [0, 0.05) is 18.7 Å². The van der Waals surface area contributed by atoms with Crippen LogP contribution in [-0.2, 0) is 0 Å². The largest absolute Gasteiger partial charge is 0.477 e. The Morgan fingerprint density at radius 3 is 2.17 bits per heavy atom. The molecular weight excluding hydrogens is 247 g/mol. The molecule has 98 valence electrons. The molecule has 1 N–H and O–H groups in total. The van der Waals surface area contributed by atoms with Crippen molar-refractivity contribution in [2.45, 2.75) is 19.8 Å². The zero-order chi connectivity index (χ0) is 13.4. The summed E-state index contributed by atoms with van der Waals surface area (Å²) in [4.78, 5) is 12.3. The predicted octanol–water partition coefficient (Wildman–Crippen LogP) is 2.71. The van der Waals surface area contributed by atoms with Gasteiger partial charge in [0.1, 0.15) is 11.4 Å². The molecular formula is C12H12F3NO2. The van der Waals surface area contributed by atoms with Crippen molar-refractivity contribution < 1.29 is 23.1 Å². The molecule has 18 heavy (non-hydrogen) atoms. The molecule has 2 rings (SSSR count). The summed E-state index contributed by atoms with van der Waals surface area (Å²) in [5.74, 6) is -5.93. The Balaban J connectivity index is 2.65. The van der Waals surface area contributed by atoms with E-state index in [0.29, 0.717) is 13.1 Å². The molecule has 0 unspecified atom stereocenters. The molecule has 1 fully saturated rings. The normalized spacial score (nSPS) is 15.2. The number of halogens is 3. The Kier molecular flexibility index (Phi) is 3.19. The summed E-state index contributed by atoms with van der Waals surface area (Å²) in [5, 5.41) is 8.69. The number of aromatic carboxylic acids is 1. The van der Waals surface area contributed by atoms with Crippen molar-refractivity contribution in [2.75, 3.05) is 18.0 Å². The molecule has 1 saturated heterocycles. The molecule has 1 heterocycles. The Hall–Kier alpha value is -1.72. The third kappa shape index (κ3) is 1.81. The highest BCUT2D eigenvalue weighted by Crippen LogP contribution is 2.33. The summed E-state index contributed by atoms with van der Waals surface area (Å²) in [6.45, 7) is 2.30. The van der Waals surface area contributed by atoms with Crippen LogP contribution in [-0.4, -0.2) is 24.2 Å². The summed E-state index contributed by atoms with van der Waals surface area (Å²) in [6.07, 6.45) is 1.64. The van der Waals surface area contributed by atoms with Crippen LogP contribution in [0, 0.1) is 24.4 Å². The quantitative estimate of drug-likeness (QED) is 0.830. The molecule has 6 heteroatoms. The first kappa shape index (κ1) is 12.7. The lowest BCUT2D eigenvalue weighted by Gasteiger charge is -2.22. The molecule has 1 aromatic carbocycles. The number of carboxylic acids is 1. The van der Waals surface area contributed by atoms with E-state index in [0.717, 1.165) is 12.8 Å². The van der Waals surface area contributed by atoms with Gasteiger partial charge in [0.05, 0.1) is 5.69 Å². The standard InChI is InChI=1S/C12H12F3NO2/c1-6-8(13)7(12(17)18)9(14)10(15)11(6)16-4-2-3-5-16/h2-5H2,1H3,(H,17,18). The number of anilines is 1. The number of hydrogen-bond donors (Lipinski definition) is 1. The highest BCUT2D eigenvalue weighted by atomic mass is 19.2. The van der Waals surface area contributed by atoms with Crippen molar-refractivity contribution in [3.63, 3.8) is 0 Å². The van der Waals surface area contributed by atoms with Gasteiger partial charge in [-0.05, 0) is 19.8 Å². The van der Waals surface area contributed by atoms with Gasteiger partial charge in [0.15, 0.2) is 11.6 Å². The number of carbonyl (C=O) groups is 1. The minimum absolute atomic E-state index is 0.159. The summed E-state index contributed by atoms with van der Waals surface area (Å²) in [5.41, 5.74) is -1.55. The van der Waals surface area contributed by atoms with Gasteiger partial charge in [-0.2, -0.15) is 0 Å². The minimum Gasteiger partial charge on any atom is -0.477 e. The average Bonchev–Trinajstić information content (AvgIpc) is 2.80. The topological polar surface area (TPSA) is 40.5 Å². The molecule has 0 aromatic heterocycles. The van der Waals surface area contributed by atoms with Crippen LogP contribution >= 0.6 is 0 Å². The number of hydrogen-bond acceptors (Lipinski definition) is 2. The van der Waals surface area contributed by atoms with E-state index in [1.807, 2.05) is 0 Å². The first-order valence-electron chi connectivity index (χ1n) is 5.60. The Morgan fingerprint density at radius 1 is 1.11 bits per heavy atom. The Labute approximate surface area is 102 Å². The second-order valence-corrected chi connectivity index (χ2v) is 4.29. The van der Waals surface area contributed by atoms with E-state index in [-0.39, 0.29) is 11.3 Å². The van der Waals surface area contributed by atoms with E-state index >= 15 is 0 Å². The smallest absolute Gasteiger partial charge is 0.341 e. The fourth-order valence-corrected chi connectivity index (χ4v) is 2.27. The molecule has 0 saturated carbocycles. The lowest BCUT2D eigenvalue weighted by molar-refractivity contribution is 0.0685. The Morgan fingerprint density at radius 2 is 1.67 bits per heavy atom. The van der Waals surface area contributed by atoms with Crippen molar-refractivity contribution in [1.82, 2.24) is 0 Å². The van der Waals surface area contributed by atoms with E-state index in [4.69, 9.17) is 5.11 Å². The van der Waals surface area contributed by atoms with Gasteiger partial charge < -0.3 is 10.0 Å². The number of carboxylic acid groups (broad SMARTS) is 1. The summed E-state index contributed by atoms with van der Waals surface area (Å²) in [7, 11) is 0. The third-order valence-corrected chi connectivity index (χ3v) is 3.16. The lowest BCUT2D eigenvalue weighted by atomic mass is 10.1. The van der Waals surface area contributed by atoms with Gasteiger partial charge >= 0.3 is 5.97 Å². The maximum atomic E-state index is 13.9. The van der Waals surface area contributed by atoms with Gasteiger partial charge in [-0.3, -0.25) is 0 Å². The summed E-state index contributed by atoms with van der Waals surface area (Å²) >= 11 is 0. The van der Waals surface area contributed by atoms with E-state index in [9.17, 15) is 18.0 Å².